The Bertz CT molecular complexity index is 582. The molecule has 2 heterocycles. The number of anilines is 1. The Labute approximate surface area is 115 Å². The Morgan fingerprint density at radius 1 is 1.53 bits per heavy atom. The molecule has 0 spiro atoms. The molecule has 0 radical (unpaired) electrons. The highest BCUT2D eigenvalue weighted by molar-refractivity contribution is 7.18. The molecule has 2 aromatic rings. The number of hydrogen-bond donors (Lipinski definition) is 2. The molecule has 0 fully saturated rings. The summed E-state index contributed by atoms with van der Waals surface area (Å²) in [5, 5.41) is 14.3. The fourth-order valence-electron chi connectivity index (χ4n) is 1.98. The molecular formula is C13H17N3O2S. The van der Waals surface area contributed by atoms with Crippen LogP contribution < -0.4 is 5.32 Å². The van der Waals surface area contributed by atoms with Gasteiger partial charge in [0.1, 0.15) is 12.1 Å². The molecule has 2 aromatic heterocycles. The molecule has 0 aromatic carbocycles. The second-order valence-corrected chi connectivity index (χ2v) is 5.40. The van der Waals surface area contributed by atoms with Crippen molar-refractivity contribution in [2.24, 2.45) is 5.92 Å². The van der Waals surface area contributed by atoms with Gasteiger partial charge in [-0.15, -0.1) is 11.3 Å². The summed E-state index contributed by atoms with van der Waals surface area (Å²) in [6.45, 7) is 4.39. The molecule has 2 rings (SSSR count). The lowest BCUT2D eigenvalue weighted by Crippen LogP contribution is -2.23. The molecule has 0 aliphatic carbocycles. The summed E-state index contributed by atoms with van der Waals surface area (Å²) in [6.07, 6.45) is 3.04. The van der Waals surface area contributed by atoms with Crippen LogP contribution in [-0.2, 0) is 4.79 Å². The summed E-state index contributed by atoms with van der Waals surface area (Å²) in [4.78, 5) is 19.6. The van der Waals surface area contributed by atoms with E-state index in [0.717, 1.165) is 28.0 Å². The van der Waals surface area contributed by atoms with Crippen LogP contribution in [0.2, 0.25) is 0 Å². The van der Waals surface area contributed by atoms with E-state index in [4.69, 9.17) is 5.11 Å². The Kier molecular flexibility index (Phi) is 4.31. The van der Waals surface area contributed by atoms with Crippen molar-refractivity contribution in [2.75, 3.05) is 11.9 Å². The molecule has 0 saturated heterocycles. The van der Waals surface area contributed by atoms with Gasteiger partial charge >= 0.3 is 5.97 Å². The largest absolute Gasteiger partial charge is 0.481 e. The molecule has 1 unspecified atom stereocenters. The van der Waals surface area contributed by atoms with Crippen LogP contribution in [0.4, 0.5) is 5.82 Å². The first-order valence-electron chi connectivity index (χ1n) is 6.29. The van der Waals surface area contributed by atoms with Crippen molar-refractivity contribution in [3.8, 4) is 0 Å². The molecule has 0 saturated carbocycles. The monoisotopic (exact) mass is 279 g/mol. The normalized spacial score (nSPS) is 12.5. The maximum Gasteiger partial charge on any atom is 0.308 e. The second-order valence-electron chi connectivity index (χ2n) is 4.52. The molecular weight excluding hydrogens is 262 g/mol. The van der Waals surface area contributed by atoms with Crippen LogP contribution in [0, 0.1) is 12.8 Å². The third kappa shape index (κ3) is 3.01. The van der Waals surface area contributed by atoms with Crippen molar-refractivity contribution in [2.45, 2.75) is 26.7 Å². The molecule has 19 heavy (non-hydrogen) atoms. The van der Waals surface area contributed by atoms with Crippen molar-refractivity contribution >= 4 is 33.3 Å². The molecule has 6 heteroatoms. The number of aliphatic carboxylic acids is 1. The van der Waals surface area contributed by atoms with Gasteiger partial charge in [-0.05, 0) is 24.3 Å². The average molecular weight is 279 g/mol. The highest BCUT2D eigenvalue weighted by Gasteiger charge is 2.17. The van der Waals surface area contributed by atoms with Gasteiger partial charge < -0.3 is 10.4 Å². The molecule has 0 amide bonds. The molecule has 2 N–H and O–H groups in total. The Balaban J connectivity index is 2.15. The SMILES string of the molecule is CCCC(CNc1ncnc2c(C)csc12)C(=O)O. The van der Waals surface area contributed by atoms with E-state index in [1.54, 1.807) is 11.3 Å². The lowest BCUT2D eigenvalue weighted by atomic mass is 10.0. The number of nitrogens with one attached hydrogen (secondary N) is 1. The minimum atomic E-state index is -0.762. The molecule has 1 atom stereocenters. The third-order valence-electron chi connectivity index (χ3n) is 3.03. The Morgan fingerprint density at radius 3 is 3.00 bits per heavy atom. The van der Waals surface area contributed by atoms with E-state index in [2.05, 4.69) is 15.3 Å². The highest BCUT2D eigenvalue weighted by Crippen LogP contribution is 2.28. The van der Waals surface area contributed by atoms with Gasteiger partial charge in [0.15, 0.2) is 0 Å². The van der Waals surface area contributed by atoms with E-state index >= 15 is 0 Å². The number of aromatic nitrogens is 2. The standard InChI is InChI=1S/C13H17N3O2S/c1-3-4-9(13(17)18)5-14-12-11-10(15-7-16-12)8(2)6-19-11/h6-7,9H,3-5H2,1-2H3,(H,17,18)(H,14,15,16). The van der Waals surface area contributed by atoms with Crippen molar-refractivity contribution < 1.29 is 9.90 Å². The van der Waals surface area contributed by atoms with Gasteiger partial charge in [0.2, 0.25) is 0 Å². The average Bonchev–Trinajstić information content (AvgIpc) is 2.77. The van der Waals surface area contributed by atoms with Gasteiger partial charge in [-0.2, -0.15) is 0 Å². The van der Waals surface area contributed by atoms with Gasteiger partial charge in [-0.25, -0.2) is 9.97 Å². The maximum atomic E-state index is 11.1. The Morgan fingerprint density at radius 2 is 2.32 bits per heavy atom. The first kappa shape index (κ1) is 13.7. The van der Waals surface area contributed by atoms with Gasteiger partial charge in [0.05, 0.1) is 16.1 Å². The predicted octanol–water partition coefficient (Wildman–Crippen LogP) is 2.91. The van der Waals surface area contributed by atoms with Crippen LogP contribution in [0.1, 0.15) is 25.3 Å². The lowest BCUT2D eigenvalue weighted by Gasteiger charge is -2.12. The number of nitrogens with zero attached hydrogens (tertiary/aromatic N) is 2. The molecule has 5 nitrogen and oxygen atoms in total. The van der Waals surface area contributed by atoms with Gasteiger partial charge in [-0.1, -0.05) is 13.3 Å². The molecule has 0 aliphatic rings. The zero-order valence-corrected chi connectivity index (χ0v) is 11.8. The van der Waals surface area contributed by atoms with Crippen LogP contribution >= 0.6 is 11.3 Å². The first-order chi connectivity index (χ1) is 9.13. The summed E-state index contributed by atoms with van der Waals surface area (Å²) in [5.41, 5.74) is 2.05. The van der Waals surface area contributed by atoms with Gasteiger partial charge in [0.25, 0.3) is 0 Å². The number of hydrogen-bond acceptors (Lipinski definition) is 5. The maximum absolute atomic E-state index is 11.1. The van der Waals surface area contributed by atoms with E-state index < -0.39 is 5.97 Å². The number of rotatable bonds is 6. The number of carboxylic acid groups (broad SMARTS) is 1. The lowest BCUT2D eigenvalue weighted by molar-refractivity contribution is -0.141. The smallest absolute Gasteiger partial charge is 0.308 e. The van der Waals surface area contributed by atoms with Crippen molar-refractivity contribution in [1.82, 2.24) is 9.97 Å². The minimum Gasteiger partial charge on any atom is -0.481 e. The van der Waals surface area contributed by atoms with E-state index in [1.165, 1.54) is 6.33 Å². The van der Waals surface area contributed by atoms with E-state index in [9.17, 15) is 4.79 Å². The fraction of sp³-hybridized carbons (Fsp3) is 0.462. The molecule has 0 bridgehead atoms. The minimum absolute atomic E-state index is 0.379. The quantitative estimate of drug-likeness (QED) is 0.850. The molecule has 102 valence electrons. The van der Waals surface area contributed by atoms with Crippen molar-refractivity contribution in [1.29, 1.82) is 0 Å². The topological polar surface area (TPSA) is 75.1 Å². The number of carbonyl (C=O) groups is 1. The first-order valence-corrected chi connectivity index (χ1v) is 7.17. The summed E-state index contributed by atoms with van der Waals surface area (Å²) >= 11 is 1.58. The zero-order chi connectivity index (χ0) is 13.8. The van der Waals surface area contributed by atoms with Crippen LogP contribution in [0.3, 0.4) is 0 Å². The van der Waals surface area contributed by atoms with Crippen LogP contribution in [0.5, 0.6) is 0 Å². The second kappa shape index (κ2) is 5.97. The fourth-order valence-corrected chi connectivity index (χ4v) is 2.94. The third-order valence-corrected chi connectivity index (χ3v) is 4.13. The number of thiophene rings is 1. The van der Waals surface area contributed by atoms with Crippen LogP contribution in [0.25, 0.3) is 10.2 Å². The van der Waals surface area contributed by atoms with Crippen molar-refractivity contribution in [3.63, 3.8) is 0 Å². The van der Waals surface area contributed by atoms with Gasteiger partial charge in [0, 0.05) is 6.54 Å². The van der Waals surface area contributed by atoms with E-state index in [0.29, 0.717) is 13.0 Å². The van der Waals surface area contributed by atoms with Crippen LogP contribution in [0.15, 0.2) is 11.7 Å². The predicted molar refractivity (Wildman–Crippen MR) is 76.7 cm³/mol. The Hall–Kier alpha value is -1.69. The number of aryl methyl sites for hydroxylation is 1. The van der Waals surface area contributed by atoms with E-state index in [1.807, 2.05) is 19.2 Å². The summed E-state index contributed by atoms with van der Waals surface area (Å²) < 4.78 is 0.987. The zero-order valence-electron chi connectivity index (χ0n) is 11.0. The van der Waals surface area contributed by atoms with Crippen LogP contribution in [-0.4, -0.2) is 27.6 Å². The highest BCUT2D eigenvalue weighted by atomic mass is 32.1. The summed E-state index contributed by atoms with van der Waals surface area (Å²) in [5.74, 6) is -0.413. The summed E-state index contributed by atoms with van der Waals surface area (Å²) in [7, 11) is 0. The van der Waals surface area contributed by atoms with Gasteiger partial charge in [-0.3, -0.25) is 4.79 Å². The summed E-state index contributed by atoms with van der Waals surface area (Å²) in [6, 6.07) is 0. The van der Waals surface area contributed by atoms with Crippen molar-refractivity contribution in [3.05, 3.63) is 17.3 Å². The number of carboxylic acids is 1. The van der Waals surface area contributed by atoms with E-state index in [-0.39, 0.29) is 5.92 Å². The molecule has 0 aliphatic heterocycles. The number of fused-ring (bicyclic) bond motifs is 1.